The Kier molecular flexibility index (Phi) is 6.33. The maximum Gasteiger partial charge on any atom is 0.242 e. The Morgan fingerprint density at radius 2 is 2.11 bits per heavy atom. The van der Waals surface area contributed by atoms with Gasteiger partial charge >= 0.3 is 0 Å². The van der Waals surface area contributed by atoms with Crippen molar-refractivity contribution in [2.75, 3.05) is 11.9 Å². The third kappa shape index (κ3) is 5.28. The summed E-state index contributed by atoms with van der Waals surface area (Å²) in [7, 11) is 0. The largest absolute Gasteiger partial charge is 0.374 e. The molecular formula is C15H23FN2O. The fourth-order valence-corrected chi connectivity index (χ4v) is 1.79. The summed E-state index contributed by atoms with van der Waals surface area (Å²) in [6, 6.07) is 4.15. The predicted octanol–water partition coefficient (Wildman–Crippen LogP) is 3.24. The second-order valence-corrected chi connectivity index (χ2v) is 4.82. The van der Waals surface area contributed by atoms with E-state index in [0.717, 1.165) is 24.8 Å². The molecule has 1 atom stereocenters. The summed E-state index contributed by atoms with van der Waals surface area (Å²) in [4.78, 5) is 11.8. The lowest BCUT2D eigenvalue weighted by Crippen LogP contribution is -2.38. The van der Waals surface area contributed by atoms with Crippen LogP contribution in [0.2, 0.25) is 0 Å². The van der Waals surface area contributed by atoms with Gasteiger partial charge in [0.25, 0.3) is 0 Å². The molecule has 0 spiro atoms. The van der Waals surface area contributed by atoms with Crippen molar-refractivity contribution in [1.29, 1.82) is 0 Å². The predicted molar refractivity (Wildman–Crippen MR) is 76.8 cm³/mol. The van der Waals surface area contributed by atoms with Gasteiger partial charge in [-0.15, -0.1) is 0 Å². The highest BCUT2D eigenvalue weighted by molar-refractivity contribution is 5.84. The molecule has 0 aliphatic carbocycles. The number of amides is 1. The highest BCUT2D eigenvalue weighted by Crippen LogP contribution is 2.16. The van der Waals surface area contributed by atoms with Crippen LogP contribution in [0.4, 0.5) is 10.1 Å². The van der Waals surface area contributed by atoms with Crippen molar-refractivity contribution in [2.24, 2.45) is 0 Å². The van der Waals surface area contributed by atoms with E-state index < -0.39 is 0 Å². The Balaban J connectivity index is 2.47. The van der Waals surface area contributed by atoms with E-state index in [1.807, 2.05) is 6.92 Å². The first-order chi connectivity index (χ1) is 9.04. The van der Waals surface area contributed by atoms with Gasteiger partial charge in [0.1, 0.15) is 11.9 Å². The van der Waals surface area contributed by atoms with Crippen molar-refractivity contribution in [3.05, 3.63) is 29.6 Å². The molecular weight excluding hydrogens is 243 g/mol. The quantitative estimate of drug-likeness (QED) is 0.744. The van der Waals surface area contributed by atoms with Crippen molar-refractivity contribution in [2.45, 2.75) is 46.1 Å². The maximum atomic E-state index is 13.1. The Bertz CT molecular complexity index is 421. The molecule has 0 fully saturated rings. The number of rotatable bonds is 7. The number of benzene rings is 1. The first-order valence-corrected chi connectivity index (χ1v) is 6.85. The lowest BCUT2D eigenvalue weighted by atomic mass is 10.1. The Labute approximate surface area is 114 Å². The van der Waals surface area contributed by atoms with Crippen molar-refractivity contribution < 1.29 is 9.18 Å². The van der Waals surface area contributed by atoms with Crippen LogP contribution in [-0.2, 0) is 4.79 Å². The zero-order valence-electron chi connectivity index (χ0n) is 11.9. The average Bonchev–Trinajstić information content (AvgIpc) is 2.38. The van der Waals surface area contributed by atoms with E-state index in [0.29, 0.717) is 12.2 Å². The minimum Gasteiger partial charge on any atom is -0.374 e. The Morgan fingerprint density at radius 3 is 2.79 bits per heavy atom. The molecule has 106 valence electrons. The summed E-state index contributed by atoms with van der Waals surface area (Å²) in [6.07, 6.45) is 3.24. The minimum absolute atomic E-state index is 0.0558. The second-order valence-electron chi connectivity index (χ2n) is 4.82. The van der Waals surface area contributed by atoms with Crippen LogP contribution in [0, 0.1) is 12.7 Å². The molecule has 0 aliphatic rings. The molecule has 0 saturated heterocycles. The molecule has 4 heteroatoms. The summed E-state index contributed by atoms with van der Waals surface area (Å²) in [5, 5.41) is 5.92. The van der Waals surface area contributed by atoms with E-state index in [1.54, 1.807) is 13.0 Å². The minimum atomic E-state index is -0.373. The van der Waals surface area contributed by atoms with Crippen LogP contribution >= 0.6 is 0 Å². The molecule has 1 unspecified atom stereocenters. The summed E-state index contributed by atoms with van der Waals surface area (Å²) >= 11 is 0. The van der Waals surface area contributed by atoms with Gasteiger partial charge in [0.15, 0.2) is 0 Å². The molecule has 19 heavy (non-hydrogen) atoms. The van der Waals surface area contributed by atoms with Crippen LogP contribution in [0.1, 0.15) is 38.7 Å². The number of carbonyl (C=O) groups is 1. The number of nitrogens with one attached hydrogen (secondary N) is 2. The standard InChI is InChI=1S/C15H23FN2O/c1-4-5-6-9-17-15(19)12(3)18-14-10-13(16)8-7-11(14)2/h7-8,10,12,18H,4-6,9H2,1-3H3,(H,17,19). The lowest BCUT2D eigenvalue weighted by molar-refractivity contribution is -0.121. The molecule has 1 amide bonds. The number of aryl methyl sites for hydroxylation is 1. The van der Waals surface area contributed by atoms with Gasteiger partial charge in [0.05, 0.1) is 0 Å². The molecule has 3 nitrogen and oxygen atoms in total. The van der Waals surface area contributed by atoms with Gasteiger partial charge in [-0.1, -0.05) is 25.8 Å². The van der Waals surface area contributed by atoms with Gasteiger partial charge < -0.3 is 10.6 Å². The van der Waals surface area contributed by atoms with Crippen molar-refractivity contribution in [3.63, 3.8) is 0 Å². The van der Waals surface area contributed by atoms with E-state index in [4.69, 9.17) is 0 Å². The van der Waals surface area contributed by atoms with Crippen LogP contribution in [0.5, 0.6) is 0 Å². The second kappa shape index (κ2) is 7.77. The van der Waals surface area contributed by atoms with Crippen LogP contribution in [0.15, 0.2) is 18.2 Å². The van der Waals surface area contributed by atoms with E-state index in [1.165, 1.54) is 12.1 Å². The Morgan fingerprint density at radius 1 is 1.37 bits per heavy atom. The molecule has 2 N–H and O–H groups in total. The number of unbranched alkanes of at least 4 members (excludes halogenated alkanes) is 2. The normalized spacial score (nSPS) is 12.0. The van der Waals surface area contributed by atoms with E-state index >= 15 is 0 Å². The summed E-state index contributed by atoms with van der Waals surface area (Å²) in [5.41, 5.74) is 1.59. The number of hydrogen-bond donors (Lipinski definition) is 2. The molecule has 1 aromatic rings. The molecule has 0 bridgehead atoms. The van der Waals surface area contributed by atoms with Gasteiger partial charge in [-0.3, -0.25) is 4.79 Å². The highest BCUT2D eigenvalue weighted by Gasteiger charge is 2.13. The van der Waals surface area contributed by atoms with Gasteiger partial charge in [-0.2, -0.15) is 0 Å². The summed E-state index contributed by atoms with van der Waals surface area (Å²) in [5.74, 6) is -0.358. The number of carbonyl (C=O) groups excluding carboxylic acids is 1. The van der Waals surface area contributed by atoms with E-state index in [-0.39, 0.29) is 17.8 Å². The topological polar surface area (TPSA) is 41.1 Å². The summed E-state index contributed by atoms with van der Waals surface area (Å²) < 4.78 is 13.1. The molecule has 0 heterocycles. The van der Waals surface area contributed by atoms with Gasteiger partial charge in [-0.05, 0) is 38.0 Å². The monoisotopic (exact) mass is 266 g/mol. The fraction of sp³-hybridized carbons (Fsp3) is 0.533. The SMILES string of the molecule is CCCCCNC(=O)C(C)Nc1cc(F)ccc1C. The number of halogens is 1. The Hall–Kier alpha value is -1.58. The maximum absolute atomic E-state index is 13.1. The third-order valence-corrected chi connectivity index (χ3v) is 3.04. The van der Waals surface area contributed by atoms with Crippen molar-refractivity contribution in [1.82, 2.24) is 5.32 Å². The first-order valence-electron chi connectivity index (χ1n) is 6.85. The zero-order valence-corrected chi connectivity index (χ0v) is 11.9. The highest BCUT2D eigenvalue weighted by atomic mass is 19.1. The lowest BCUT2D eigenvalue weighted by Gasteiger charge is -2.17. The molecule has 0 aliphatic heterocycles. The van der Waals surface area contributed by atoms with Crippen LogP contribution in [-0.4, -0.2) is 18.5 Å². The van der Waals surface area contributed by atoms with Crippen LogP contribution in [0.25, 0.3) is 0 Å². The van der Waals surface area contributed by atoms with Gasteiger partial charge in [0, 0.05) is 12.2 Å². The molecule has 1 aromatic carbocycles. The smallest absolute Gasteiger partial charge is 0.242 e. The van der Waals surface area contributed by atoms with Crippen LogP contribution < -0.4 is 10.6 Å². The average molecular weight is 266 g/mol. The molecule has 1 rings (SSSR count). The van der Waals surface area contributed by atoms with Gasteiger partial charge in [0.2, 0.25) is 5.91 Å². The van der Waals surface area contributed by atoms with Crippen molar-refractivity contribution in [3.8, 4) is 0 Å². The number of hydrogen-bond acceptors (Lipinski definition) is 2. The van der Waals surface area contributed by atoms with Gasteiger partial charge in [-0.25, -0.2) is 4.39 Å². The zero-order chi connectivity index (χ0) is 14.3. The van der Waals surface area contributed by atoms with Crippen LogP contribution in [0.3, 0.4) is 0 Å². The number of anilines is 1. The molecule has 0 saturated carbocycles. The molecule has 0 aromatic heterocycles. The molecule has 0 radical (unpaired) electrons. The third-order valence-electron chi connectivity index (χ3n) is 3.04. The van der Waals surface area contributed by atoms with E-state index in [2.05, 4.69) is 17.6 Å². The van der Waals surface area contributed by atoms with E-state index in [9.17, 15) is 9.18 Å². The first kappa shape index (κ1) is 15.5. The fourth-order valence-electron chi connectivity index (χ4n) is 1.79. The van der Waals surface area contributed by atoms with Crippen molar-refractivity contribution >= 4 is 11.6 Å². The summed E-state index contributed by atoms with van der Waals surface area (Å²) in [6.45, 7) is 6.48.